The van der Waals surface area contributed by atoms with Gasteiger partial charge in [-0.05, 0) is 57.0 Å². The molecule has 0 aromatic heterocycles. The molecule has 0 spiro atoms. The minimum atomic E-state index is -0.651. The van der Waals surface area contributed by atoms with Gasteiger partial charge >= 0.3 is 6.09 Å². The fourth-order valence-electron chi connectivity index (χ4n) is 3.17. The van der Waals surface area contributed by atoms with Gasteiger partial charge in [0.2, 0.25) is 0 Å². The number of alkyl carbamates (subject to hydrolysis) is 1. The summed E-state index contributed by atoms with van der Waals surface area (Å²) >= 11 is 3.40. The van der Waals surface area contributed by atoms with Gasteiger partial charge < -0.3 is 10.1 Å². The van der Waals surface area contributed by atoms with Crippen LogP contribution in [-0.2, 0) is 11.2 Å². The monoisotopic (exact) mass is 458 g/mol. The highest BCUT2D eigenvalue weighted by atomic mass is 79.9. The predicted octanol–water partition coefficient (Wildman–Crippen LogP) is 4.18. The summed E-state index contributed by atoms with van der Waals surface area (Å²) in [5.41, 5.74) is 1.09. The van der Waals surface area contributed by atoms with E-state index < -0.39 is 17.7 Å². The maximum atomic E-state index is 12.7. The van der Waals surface area contributed by atoms with E-state index in [0.29, 0.717) is 17.5 Å². The summed E-state index contributed by atoms with van der Waals surface area (Å²) in [7, 11) is 0. The first kappa shape index (κ1) is 21.0. The van der Waals surface area contributed by atoms with Crippen LogP contribution in [-0.4, -0.2) is 41.0 Å². The lowest BCUT2D eigenvalue weighted by Gasteiger charge is -2.26. The summed E-state index contributed by atoms with van der Waals surface area (Å²) < 4.78 is 6.30. The Bertz CT molecular complexity index is 900. The summed E-state index contributed by atoms with van der Waals surface area (Å²) in [4.78, 5) is 38.9. The van der Waals surface area contributed by atoms with E-state index in [1.165, 1.54) is 4.90 Å². The number of benzene rings is 2. The largest absolute Gasteiger partial charge is 0.444 e. The smallest absolute Gasteiger partial charge is 0.407 e. The summed E-state index contributed by atoms with van der Waals surface area (Å²) in [5, 5.41) is 2.81. The molecule has 2 aromatic rings. The molecule has 1 heterocycles. The van der Waals surface area contributed by atoms with Crippen molar-refractivity contribution in [1.29, 1.82) is 0 Å². The number of nitrogens with one attached hydrogen (secondary N) is 1. The summed E-state index contributed by atoms with van der Waals surface area (Å²) in [6.45, 7) is 5.39. The predicted molar refractivity (Wildman–Crippen MR) is 113 cm³/mol. The Morgan fingerprint density at radius 3 is 2.10 bits per heavy atom. The molecule has 152 valence electrons. The highest BCUT2D eigenvalue weighted by molar-refractivity contribution is 9.10. The normalized spacial score (nSPS) is 14.6. The first-order chi connectivity index (χ1) is 13.6. The van der Waals surface area contributed by atoms with Crippen LogP contribution in [0.2, 0.25) is 0 Å². The molecule has 1 aliphatic rings. The Hall–Kier alpha value is -2.67. The zero-order valence-corrected chi connectivity index (χ0v) is 18.2. The molecule has 3 amide bonds. The SMILES string of the molecule is CC(C)(C)OC(=O)N[C@H](Cc1ccc(Br)cc1)CN1C(=O)c2ccccc2C1=O. The molecular formula is C22H23BrN2O4. The molecule has 6 nitrogen and oxygen atoms in total. The third kappa shape index (κ3) is 5.23. The fourth-order valence-corrected chi connectivity index (χ4v) is 3.43. The van der Waals surface area contributed by atoms with Crippen LogP contribution in [0.15, 0.2) is 53.0 Å². The average Bonchev–Trinajstić information content (AvgIpc) is 2.87. The lowest BCUT2D eigenvalue weighted by molar-refractivity contribution is 0.0468. The molecule has 0 bridgehead atoms. The van der Waals surface area contributed by atoms with Crippen LogP contribution in [0.1, 0.15) is 47.1 Å². The molecule has 0 fully saturated rings. The van der Waals surface area contributed by atoms with E-state index in [-0.39, 0.29) is 18.4 Å². The van der Waals surface area contributed by atoms with E-state index in [9.17, 15) is 14.4 Å². The third-order valence-corrected chi connectivity index (χ3v) is 4.93. The molecular weight excluding hydrogens is 436 g/mol. The molecule has 2 aromatic carbocycles. The van der Waals surface area contributed by atoms with Gasteiger partial charge in [0.25, 0.3) is 11.8 Å². The molecule has 0 saturated carbocycles. The van der Waals surface area contributed by atoms with Gasteiger partial charge in [0.15, 0.2) is 0 Å². The Labute approximate surface area is 178 Å². The number of amides is 3. The van der Waals surface area contributed by atoms with Crippen molar-refractivity contribution in [3.05, 3.63) is 69.7 Å². The van der Waals surface area contributed by atoms with Crippen LogP contribution in [0.4, 0.5) is 4.79 Å². The van der Waals surface area contributed by atoms with Crippen LogP contribution < -0.4 is 5.32 Å². The lowest BCUT2D eigenvalue weighted by Crippen LogP contribution is -2.48. The molecule has 1 aliphatic heterocycles. The van der Waals surface area contributed by atoms with Crippen molar-refractivity contribution in [2.24, 2.45) is 0 Å². The van der Waals surface area contributed by atoms with Crippen molar-refractivity contribution < 1.29 is 19.1 Å². The molecule has 7 heteroatoms. The number of halogens is 1. The van der Waals surface area contributed by atoms with Crippen molar-refractivity contribution >= 4 is 33.8 Å². The second-order valence-electron chi connectivity index (χ2n) is 7.94. The number of nitrogens with zero attached hydrogens (tertiary/aromatic N) is 1. The van der Waals surface area contributed by atoms with E-state index in [4.69, 9.17) is 4.74 Å². The van der Waals surface area contributed by atoms with Gasteiger partial charge in [0, 0.05) is 4.47 Å². The standard InChI is InChI=1S/C22H23BrN2O4/c1-22(2,3)29-21(28)24-16(12-14-8-10-15(23)11-9-14)13-25-19(26)17-6-4-5-7-18(17)20(25)27/h4-11,16H,12-13H2,1-3H3,(H,24,28)/t16-/m1/s1. The van der Waals surface area contributed by atoms with Gasteiger partial charge in [0.1, 0.15) is 5.60 Å². The van der Waals surface area contributed by atoms with Crippen molar-refractivity contribution in [3.63, 3.8) is 0 Å². The van der Waals surface area contributed by atoms with Crippen molar-refractivity contribution in [2.75, 3.05) is 6.54 Å². The van der Waals surface area contributed by atoms with Crippen LogP contribution in [0.25, 0.3) is 0 Å². The maximum Gasteiger partial charge on any atom is 0.407 e. The Morgan fingerprint density at radius 1 is 1.03 bits per heavy atom. The minimum absolute atomic E-state index is 0.0572. The Kier molecular flexibility index (Phi) is 6.07. The van der Waals surface area contributed by atoms with Gasteiger partial charge in [-0.2, -0.15) is 0 Å². The summed E-state index contributed by atoms with van der Waals surface area (Å²) in [6.07, 6.45) is -0.142. The van der Waals surface area contributed by atoms with Gasteiger partial charge in [0.05, 0.1) is 23.7 Å². The summed E-state index contributed by atoms with van der Waals surface area (Å²) in [6, 6.07) is 13.9. The first-order valence-corrected chi connectivity index (χ1v) is 10.1. The van der Waals surface area contributed by atoms with Gasteiger partial charge in [-0.1, -0.05) is 40.2 Å². The highest BCUT2D eigenvalue weighted by Crippen LogP contribution is 2.23. The minimum Gasteiger partial charge on any atom is -0.444 e. The number of ether oxygens (including phenoxy) is 1. The number of carbonyl (C=O) groups is 3. The van der Waals surface area contributed by atoms with Gasteiger partial charge in [-0.15, -0.1) is 0 Å². The van der Waals surface area contributed by atoms with Crippen LogP contribution in [0, 0.1) is 0 Å². The number of imide groups is 1. The number of fused-ring (bicyclic) bond motifs is 1. The summed E-state index contributed by atoms with van der Waals surface area (Å²) in [5.74, 6) is -0.699. The van der Waals surface area contributed by atoms with Crippen molar-refractivity contribution in [1.82, 2.24) is 10.2 Å². The van der Waals surface area contributed by atoms with Gasteiger partial charge in [-0.3, -0.25) is 14.5 Å². The maximum absolute atomic E-state index is 12.7. The highest BCUT2D eigenvalue weighted by Gasteiger charge is 2.36. The Morgan fingerprint density at radius 2 is 1.59 bits per heavy atom. The molecule has 0 unspecified atom stereocenters. The fraction of sp³-hybridized carbons (Fsp3) is 0.318. The van der Waals surface area contributed by atoms with Crippen LogP contribution in [0.5, 0.6) is 0 Å². The molecule has 0 saturated heterocycles. The number of hydrogen-bond donors (Lipinski definition) is 1. The number of hydrogen-bond acceptors (Lipinski definition) is 4. The molecule has 29 heavy (non-hydrogen) atoms. The van der Waals surface area contributed by atoms with E-state index in [0.717, 1.165) is 10.0 Å². The van der Waals surface area contributed by atoms with E-state index >= 15 is 0 Å². The molecule has 1 atom stereocenters. The Balaban J connectivity index is 1.79. The number of carbonyl (C=O) groups excluding carboxylic acids is 3. The number of rotatable bonds is 5. The zero-order chi connectivity index (χ0) is 21.2. The third-order valence-electron chi connectivity index (χ3n) is 4.40. The first-order valence-electron chi connectivity index (χ1n) is 9.33. The molecule has 0 aliphatic carbocycles. The quantitative estimate of drug-likeness (QED) is 0.681. The topological polar surface area (TPSA) is 75.7 Å². The molecule has 1 N–H and O–H groups in total. The van der Waals surface area contributed by atoms with Crippen LogP contribution >= 0.6 is 15.9 Å². The van der Waals surface area contributed by atoms with E-state index in [2.05, 4.69) is 21.2 Å². The lowest BCUT2D eigenvalue weighted by atomic mass is 10.1. The average molecular weight is 459 g/mol. The molecule has 3 rings (SSSR count). The van der Waals surface area contributed by atoms with Crippen LogP contribution in [0.3, 0.4) is 0 Å². The second kappa shape index (κ2) is 8.37. The second-order valence-corrected chi connectivity index (χ2v) is 8.86. The van der Waals surface area contributed by atoms with Crippen molar-refractivity contribution in [2.45, 2.75) is 38.8 Å². The zero-order valence-electron chi connectivity index (χ0n) is 16.6. The van der Waals surface area contributed by atoms with Gasteiger partial charge in [-0.25, -0.2) is 4.79 Å². The van der Waals surface area contributed by atoms with E-state index in [1.807, 2.05) is 24.3 Å². The molecule has 0 radical (unpaired) electrons. The van der Waals surface area contributed by atoms with Crippen molar-refractivity contribution in [3.8, 4) is 0 Å². The van der Waals surface area contributed by atoms with E-state index in [1.54, 1.807) is 45.0 Å².